The second-order valence-corrected chi connectivity index (χ2v) is 6.00. The quantitative estimate of drug-likeness (QED) is 0.681. The Kier molecular flexibility index (Phi) is 4.47. The lowest BCUT2D eigenvalue weighted by Crippen LogP contribution is -2.09. The molecular formula is C15H26O2. The molecule has 1 aliphatic carbocycles. The smallest absolute Gasteiger partial charge is 0.306 e. The highest BCUT2D eigenvalue weighted by Gasteiger charge is 2.33. The monoisotopic (exact) mass is 238 g/mol. The van der Waals surface area contributed by atoms with E-state index < -0.39 is 0 Å². The van der Waals surface area contributed by atoms with Crippen molar-refractivity contribution in [2.24, 2.45) is 23.7 Å². The molecule has 0 aromatic rings. The van der Waals surface area contributed by atoms with Crippen LogP contribution in [-0.2, 0) is 9.53 Å². The third kappa shape index (κ3) is 3.23. The molecule has 0 bridgehead atoms. The zero-order valence-corrected chi connectivity index (χ0v) is 11.3. The first-order valence-electron chi connectivity index (χ1n) is 7.38. The van der Waals surface area contributed by atoms with Gasteiger partial charge >= 0.3 is 5.97 Å². The van der Waals surface area contributed by atoms with E-state index in [4.69, 9.17) is 4.74 Å². The summed E-state index contributed by atoms with van der Waals surface area (Å²) in [5, 5.41) is 0. The molecule has 0 aromatic carbocycles. The van der Waals surface area contributed by atoms with E-state index in [1.165, 1.54) is 38.5 Å². The Labute approximate surface area is 105 Å². The van der Waals surface area contributed by atoms with Crippen LogP contribution in [0.15, 0.2) is 0 Å². The number of ether oxygens (including phenoxy) is 1. The van der Waals surface area contributed by atoms with Crippen LogP contribution in [0.2, 0.25) is 0 Å². The molecule has 4 unspecified atom stereocenters. The highest BCUT2D eigenvalue weighted by Crippen LogP contribution is 2.42. The third-order valence-electron chi connectivity index (χ3n) is 4.92. The van der Waals surface area contributed by atoms with Crippen molar-refractivity contribution < 1.29 is 9.53 Å². The van der Waals surface area contributed by atoms with Crippen molar-refractivity contribution >= 4 is 5.97 Å². The van der Waals surface area contributed by atoms with E-state index in [1.54, 1.807) is 0 Å². The number of esters is 1. The summed E-state index contributed by atoms with van der Waals surface area (Å²) >= 11 is 0. The zero-order chi connectivity index (χ0) is 12.3. The van der Waals surface area contributed by atoms with Crippen LogP contribution in [0.4, 0.5) is 0 Å². The van der Waals surface area contributed by atoms with Gasteiger partial charge in [-0.1, -0.05) is 26.7 Å². The molecule has 2 aliphatic rings. The van der Waals surface area contributed by atoms with Crippen LogP contribution in [0.5, 0.6) is 0 Å². The Morgan fingerprint density at radius 2 is 1.82 bits per heavy atom. The lowest BCUT2D eigenvalue weighted by Gasteiger charge is -2.18. The van der Waals surface area contributed by atoms with E-state index in [-0.39, 0.29) is 5.97 Å². The van der Waals surface area contributed by atoms with Gasteiger partial charge in [0.25, 0.3) is 0 Å². The molecule has 2 heteroatoms. The van der Waals surface area contributed by atoms with Crippen LogP contribution in [-0.4, -0.2) is 12.6 Å². The minimum absolute atomic E-state index is 0.0138. The van der Waals surface area contributed by atoms with Gasteiger partial charge in [-0.15, -0.1) is 0 Å². The van der Waals surface area contributed by atoms with E-state index in [0.29, 0.717) is 18.9 Å². The van der Waals surface area contributed by atoms with E-state index in [0.717, 1.165) is 17.8 Å². The van der Waals surface area contributed by atoms with E-state index in [9.17, 15) is 4.79 Å². The van der Waals surface area contributed by atoms with Gasteiger partial charge in [0.15, 0.2) is 0 Å². The van der Waals surface area contributed by atoms with Crippen molar-refractivity contribution in [1.82, 2.24) is 0 Å². The first kappa shape index (κ1) is 12.9. The second kappa shape index (κ2) is 5.88. The largest absolute Gasteiger partial charge is 0.465 e. The van der Waals surface area contributed by atoms with Crippen molar-refractivity contribution in [2.75, 3.05) is 6.61 Å². The van der Waals surface area contributed by atoms with Gasteiger partial charge in [-0.05, 0) is 43.4 Å². The molecule has 0 aromatic heterocycles. The predicted molar refractivity (Wildman–Crippen MR) is 68.6 cm³/mol. The van der Waals surface area contributed by atoms with Gasteiger partial charge in [0.2, 0.25) is 0 Å². The maximum atomic E-state index is 11.0. The molecule has 2 fully saturated rings. The van der Waals surface area contributed by atoms with Crippen molar-refractivity contribution in [1.29, 1.82) is 0 Å². The summed E-state index contributed by atoms with van der Waals surface area (Å²) in [6, 6.07) is 0. The van der Waals surface area contributed by atoms with Crippen LogP contribution in [0.1, 0.15) is 58.8 Å². The Hall–Kier alpha value is -0.530. The normalized spacial score (nSPS) is 37.4. The molecule has 4 atom stereocenters. The predicted octanol–water partition coefficient (Wildman–Crippen LogP) is 3.79. The standard InChI is InChI=1S/C15H26O2/c1-3-11-7-13(4-2)14(8-11)6-5-12-9-15(16)17-10-12/h11-14H,3-10H2,1-2H3. The Balaban J connectivity index is 1.76. The number of carbonyl (C=O) groups is 1. The maximum absolute atomic E-state index is 11.0. The van der Waals surface area contributed by atoms with E-state index in [1.807, 2.05) is 0 Å². The van der Waals surface area contributed by atoms with Gasteiger partial charge in [-0.3, -0.25) is 4.79 Å². The Bertz CT molecular complexity index is 262. The number of hydrogen-bond acceptors (Lipinski definition) is 2. The summed E-state index contributed by atoms with van der Waals surface area (Å²) in [6.45, 7) is 5.33. The number of carbonyl (C=O) groups excluding carboxylic acids is 1. The average Bonchev–Trinajstić information content (AvgIpc) is 2.92. The fraction of sp³-hybridized carbons (Fsp3) is 0.933. The van der Waals surface area contributed by atoms with Crippen LogP contribution >= 0.6 is 0 Å². The molecule has 0 N–H and O–H groups in total. The Morgan fingerprint density at radius 3 is 2.41 bits per heavy atom. The first-order chi connectivity index (χ1) is 8.22. The summed E-state index contributed by atoms with van der Waals surface area (Å²) in [7, 11) is 0. The minimum Gasteiger partial charge on any atom is -0.465 e. The van der Waals surface area contributed by atoms with Crippen molar-refractivity contribution in [2.45, 2.75) is 58.8 Å². The number of cyclic esters (lactones) is 1. The van der Waals surface area contributed by atoms with Crippen LogP contribution in [0.3, 0.4) is 0 Å². The molecule has 2 nitrogen and oxygen atoms in total. The maximum Gasteiger partial charge on any atom is 0.306 e. The van der Waals surface area contributed by atoms with E-state index in [2.05, 4.69) is 13.8 Å². The van der Waals surface area contributed by atoms with Crippen LogP contribution in [0, 0.1) is 23.7 Å². The molecule has 2 rings (SSSR count). The summed E-state index contributed by atoms with van der Waals surface area (Å²) in [5.41, 5.74) is 0. The van der Waals surface area contributed by atoms with Crippen molar-refractivity contribution in [3.05, 3.63) is 0 Å². The zero-order valence-electron chi connectivity index (χ0n) is 11.3. The fourth-order valence-corrected chi connectivity index (χ4v) is 3.72. The van der Waals surface area contributed by atoms with Gasteiger partial charge in [0, 0.05) is 5.92 Å². The molecule has 0 amide bonds. The molecular weight excluding hydrogens is 212 g/mol. The lowest BCUT2D eigenvalue weighted by atomic mass is 9.87. The summed E-state index contributed by atoms with van der Waals surface area (Å²) in [4.78, 5) is 11.0. The first-order valence-corrected chi connectivity index (χ1v) is 7.38. The summed E-state index contributed by atoms with van der Waals surface area (Å²) in [5.74, 6) is 3.35. The van der Waals surface area contributed by atoms with Crippen molar-refractivity contribution in [3.8, 4) is 0 Å². The minimum atomic E-state index is 0.0138. The van der Waals surface area contributed by atoms with Crippen LogP contribution < -0.4 is 0 Å². The summed E-state index contributed by atoms with van der Waals surface area (Å²) in [6.07, 6.45) is 8.73. The molecule has 98 valence electrons. The van der Waals surface area contributed by atoms with Gasteiger partial charge in [-0.25, -0.2) is 0 Å². The van der Waals surface area contributed by atoms with Gasteiger partial charge in [-0.2, -0.15) is 0 Å². The van der Waals surface area contributed by atoms with E-state index >= 15 is 0 Å². The van der Waals surface area contributed by atoms with Gasteiger partial charge < -0.3 is 4.74 Å². The van der Waals surface area contributed by atoms with Crippen LogP contribution in [0.25, 0.3) is 0 Å². The Morgan fingerprint density at radius 1 is 1.06 bits per heavy atom. The average molecular weight is 238 g/mol. The molecule has 1 aliphatic heterocycles. The lowest BCUT2D eigenvalue weighted by molar-refractivity contribution is -0.137. The third-order valence-corrected chi connectivity index (χ3v) is 4.92. The summed E-state index contributed by atoms with van der Waals surface area (Å²) < 4.78 is 5.04. The second-order valence-electron chi connectivity index (χ2n) is 6.00. The fourth-order valence-electron chi connectivity index (χ4n) is 3.72. The molecule has 1 saturated heterocycles. The molecule has 1 heterocycles. The number of hydrogen-bond donors (Lipinski definition) is 0. The molecule has 0 spiro atoms. The molecule has 0 radical (unpaired) electrons. The SMILES string of the molecule is CCC1CC(CC)C(CCC2COC(=O)C2)C1. The highest BCUT2D eigenvalue weighted by atomic mass is 16.5. The number of rotatable bonds is 5. The topological polar surface area (TPSA) is 26.3 Å². The molecule has 1 saturated carbocycles. The highest BCUT2D eigenvalue weighted by molar-refractivity contribution is 5.71. The molecule has 17 heavy (non-hydrogen) atoms. The van der Waals surface area contributed by atoms with Crippen molar-refractivity contribution in [3.63, 3.8) is 0 Å². The van der Waals surface area contributed by atoms with Gasteiger partial charge in [0.1, 0.15) is 0 Å². The van der Waals surface area contributed by atoms with Gasteiger partial charge in [0.05, 0.1) is 13.0 Å².